The number of pyridine rings is 1. The summed E-state index contributed by atoms with van der Waals surface area (Å²) >= 11 is 1.78. The Balaban J connectivity index is 1.56. The van der Waals surface area contributed by atoms with Gasteiger partial charge < -0.3 is 14.4 Å². The van der Waals surface area contributed by atoms with Crippen molar-refractivity contribution in [1.29, 1.82) is 0 Å². The average molecular weight is 399 g/mol. The first-order chi connectivity index (χ1) is 13.9. The first kappa shape index (κ1) is 16.9. The second kappa shape index (κ2) is 6.79. The van der Waals surface area contributed by atoms with Gasteiger partial charge in [0.25, 0.3) is 0 Å². The average Bonchev–Trinajstić information content (AvgIpc) is 3.38. The zero-order chi connectivity index (χ0) is 18.5. The first-order valence-electron chi connectivity index (χ1n) is 10.2. The van der Waals surface area contributed by atoms with Crippen LogP contribution in [0, 0.1) is 0 Å². The Morgan fingerprint density at radius 1 is 0.929 bits per heavy atom. The molecule has 0 spiro atoms. The Kier molecular flexibility index (Phi) is 4.09. The van der Waals surface area contributed by atoms with Gasteiger partial charge in [-0.2, -0.15) is 0 Å². The van der Waals surface area contributed by atoms with Gasteiger partial charge in [0.2, 0.25) is 12.1 Å². The Labute approximate surface area is 167 Å². The van der Waals surface area contributed by atoms with Gasteiger partial charge in [0, 0.05) is 13.1 Å². The summed E-state index contributed by atoms with van der Waals surface area (Å²) in [5, 5.41) is 1.29. The normalized spacial score (nSPS) is 20.3. The Bertz CT molecular complexity index is 1040. The molecule has 6 rings (SSSR count). The van der Waals surface area contributed by atoms with E-state index in [9.17, 15) is 0 Å². The summed E-state index contributed by atoms with van der Waals surface area (Å²) in [6.45, 7) is 6.82. The van der Waals surface area contributed by atoms with Gasteiger partial charge in [-0.05, 0) is 30.4 Å². The number of thiophene rings is 1. The van der Waals surface area contributed by atoms with Crippen molar-refractivity contribution in [2.75, 3.05) is 62.4 Å². The van der Waals surface area contributed by atoms with Gasteiger partial charge in [0.1, 0.15) is 15.3 Å². The highest BCUT2D eigenvalue weighted by atomic mass is 32.1. The molecule has 2 fully saturated rings. The lowest BCUT2D eigenvalue weighted by atomic mass is 10.1. The van der Waals surface area contributed by atoms with E-state index in [2.05, 4.69) is 14.8 Å². The summed E-state index contributed by atoms with van der Waals surface area (Å²) < 4.78 is 12.3. The van der Waals surface area contributed by atoms with Crippen LogP contribution in [0.3, 0.4) is 0 Å². The molecule has 3 aromatic rings. The van der Waals surface area contributed by atoms with E-state index in [0.717, 1.165) is 81.6 Å². The van der Waals surface area contributed by atoms with Gasteiger partial charge in [-0.1, -0.05) is 0 Å². The summed E-state index contributed by atoms with van der Waals surface area (Å²) in [6, 6.07) is 0. The molecular weight excluding hydrogens is 374 g/mol. The zero-order valence-corrected chi connectivity index (χ0v) is 16.7. The van der Waals surface area contributed by atoms with Crippen LogP contribution in [0.4, 0.5) is 11.6 Å². The van der Waals surface area contributed by atoms with E-state index in [1.54, 1.807) is 11.3 Å². The SMILES string of the molecule is c1nc2c(sc3nc(N4CCOCC4)c4c(c32)CCC4)c(N2CCOCC2)[nH+]1. The molecule has 3 aliphatic rings. The fourth-order valence-electron chi connectivity index (χ4n) is 4.76. The van der Waals surface area contributed by atoms with Crippen LogP contribution in [0.15, 0.2) is 6.33 Å². The maximum absolute atomic E-state index is 5.56. The molecule has 0 atom stereocenters. The molecule has 5 heterocycles. The van der Waals surface area contributed by atoms with Crippen molar-refractivity contribution in [2.24, 2.45) is 0 Å². The van der Waals surface area contributed by atoms with E-state index in [0.29, 0.717) is 0 Å². The Hall–Kier alpha value is -2.03. The minimum Gasteiger partial charge on any atom is -0.378 e. The van der Waals surface area contributed by atoms with Crippen molar-refractivity contribution in [3.8, 4) is 0 Å². The number of aryl methyl sites for hydroxylation is 1. The van der Waals surface area contributed by atoms with Crippen LogP contribution in [-0.2, 0) is 22.3 Å². The molecule has 1 aliphatic carbocycles. The highest BCUT2D eigenvalue weighted by molar-refractivity contribution is 7.26. The maximum Gasteiger partial charge on any atom is 0.242 e. The third-order valence-corrected chi connectivity index (χ3v) is 7.19. The molecule has 0 bridgehead atoms. The van der Waals surface area contributed by atoms with Gasteiger partial charge in [0.05, 0.1) is 44.9 Å². The van der Waals surface area contributed by atoms with Crippen molar-refractivity contribution in [3.05, 3.63) is 17.5 Å². The van der Waals surface area contributed by atoms with Gasteiger partial charge in [-0.15, -0.1) is 16.3 Å². The summed E-state index contributed by atoms with van der Waals surface area (Å²) in [5.74, 6) is 2.35. The molecule has 3 aromatic heterocycles. The molecule has 2 saturated heterocycles. The molecule has 2 aliphatic heterocycles. The summed E-state index contributed by atoms with van der Waals surface area (Å²) in [5.41, 5.74) is 4.03. The number of anilines is 2. The number of aromatic amines is 1. The number of fused-ring (bicyclic) bond motifs is 5. The summed E-state index contributed by atoms with van der Waals surface area (Å²) in [6.07, 6.45) is 5.30. The number of hydrogen-bond donors (Lipinski definition) is 0. The predicted octanol–water partition coefficient (Wildman–Crippen LogP) is 1.82. The fraction of sp³-hybridized carbons (Fsp3) is 0.550. The second-order valence-corrected chi connectivity index (χ2v) is 8.66. The van der Waals surface area contributed by atoms with Crippen LogP contribution in [0.1, 0.15) is 17.5 Å². The minimum absolute atomic E-state index is 0.775. The molecule has 8 heteroatoms. The van der Waals surface area contributed by atoms with Crippen LogP contribution in [-0.4, -0.2) is 62.6 Å². The van der Waals surface area contributed by atoms with Crippen LogP contribution in [0.5, 0.6) is 0 Å². The number of nitrogens with one attached hydrogen (secondary N) is 1. The fourth-order valence-corrected chi connectivity index (χ4v) is 5.94. The van der Waals surface area contributed by atoms with Crippen LogP contribution >= 0.6 is 11.3 Å². The van der Waals surface area contributed by atoms with E-state index in [-0.39, 0.29) is 0 Å². The van der Waals surface area contributed by atoms with E-state index < -0.39 is 0 Å². The molecule has 28 heavy (non-hydrogen) atoms. The van der Waals surface area contributed by atoms with E-state index in [1.165, 1.54) is 33.5 Å². The molecular formula is C20H24N5O2S+. The van der Waals surface area contributed by atoms with E-state index >= 15 is 0 Å². The van der Waals surface area contributed by atoms with Crippen molar-refractivity contribution in [2.45, 2.75) is 19.3 Å². The number of H-pyrrole nitrogens is 1. The lowest BCUT2D eigenvalue weighted by Gasteiger charge is -2.29. The topological polar surface area (TPSA) is 64.9 Å². The number of hydrogen-bond acceptors (Lipinski definition) is 7. The van der Waals surface area contributed by atoms with Crippen molar-refractivity contribution in [1.82, 2.24) is 9.97 Å². The molecule has 146 valence electrons. The number of rotatable bonds is 2. The standard InChI is InChI=1S/C20H23N5O2S/c1-2-13-14(3-1)18(24-4-8-26-9-5-24)23-20-15(13)16-17(28-20)19(22-12-21-16)25-6-10-27-11-7-25/h12H,1-11H2/p+1. The quantitative estimate of drug-likeness (QED) is 0.656. The zero-order valence-electron chi connectivity index (χ0n) is 15.9. The smallest absolute Gasteiger partial charge is 0.242 e. The summed E-state index contributed by atoms with van der Waals surface area (Å²) in [4.78, 5) is 19.3. The van der Waals surface area contributed by atoms with Crippen LogP contribution < -0.4 is 14.8 Å². The van der Waals surface area contributed by atoms with Crippen molar-refractivity contribution < 1.29 is 14.5 Å². The molecule has 0 aromatic carbocycles. The lowest BCUT2D eigenvalue weighted by molar-refractivity contribution is -0.367. The second-order valence-electron chi connectivity index (χ2n) is 7.66. The lowest BCUT2D eigenvalue weighted by Crippen LogP contribution is -2.39. The molecule has 7 nitrogen and oxygen atoms in total. The van der Waals surface area contributed by atoms with Gasteiger partial charge in [-0.25, -0.2) is 9.97 Å². The molecule has 0 radical (unpaired) electrons. The monoisotopic (exact) mass is 398 g/mol. The third kappa shape index (κ3) is 2.58. The van der Waals surface area contributed by atoms with Crippen LogP contribution in [0.25, 0.3) is 20.4 Å². The minimum atomic E-state index is 0.775. The predicted molar refractivity (Wildman–Crippen MR) is 110 cm³/mol. The Morgan fingerprint density at radius 3 is 2.43 bits per heavy atom. The largest absolute Gasteiger partial charge is 0.378 e. The van der Waals surface area contributed by atoms with Gasteiger partial charge in [-0.3, -0.25) is 4.90 Å². The number of morpholine rings is 2. The van der Waals surface area contributed by atoms with E-state index in [4.69, 9.17) is 19.4 Å². The highest BCUT2D eigenvalue weighted by Crippen LogP contribution is 2.43. The van der Waals surface area contributed by atoms with Gasteiger partial charge in [0.15, 0.2) is 5.52 Å². The van der Waals surface area contributed by atoms with Crippen molar-refractivity contribution >= 4 is 43.4 Å². The summed E-state index contributed by atoms with van der Waals surface area (Å²) in [7, 11) is 0. The molecule has 0 unspecified atom stereocenters. The number of aromatic nitrogens is 3. The van der Waals surface area contributed by atoms with Gasteiger partial charge >= 0.3 is 0 Å². The third-order valence-electron chi connectivity index (χ3n) is 6.11. The molecule has 0 amide bonds. The maximum atomic E-state index is 5.56. The van der Waals surface area contributed by atoms with E-state index in [1.807, 2.05) is 6.33 Å². The van der Waals surface area contributed by atoms with Crippen LogP contribution in [0.2, 0.25) is 0 Å². The highest BCUT2D eigenvalue weighted by Gasteiger charge is 2.30. The first-order valence-corrected chi connectivity index (χ1v) is 11.0. The molecule has 0 saturated carbocycles. The number of nitrogens with zero attached hydrogens (tertiary/aromatic N) is 4. The number of ether oxygens (including phenoxy) is 2. The van der Waals surface area contributed by atoms with Crippen molar-refractivity contribution in [3.63, 3.8) is 0 Å². The molecule has 1 N–H and O–H groups in total. The Morgan fingerprint density at radius 2 is 1.64 bits per heavy atom.